The van der Waals surface area contributed by atoms with Crippen molar-refractivity contribution in [3.8, 4) is 50.8 Å². The van der Waals surface area contributed by atoms with E-state index in [2.05, 4.69) is 95.5 Å². The number of nitrogens with zero attached hydrogens (tertiary/aromatic N) is 4. The smallest absolute Gasteiger partial charge is 0.163 e. The zero-order chi connectivity index (χ0) is 25.7. The highest BCUT2D eigenvalue weighted by Gasteiger charge is 2.35. The predicted molar refractivity (Wildman–Crippen MR) is 148 cm³/mol. The van der Waals surface area contributed by atoms with Crippen molar-refractivity contribution in [3.05, 3.63) is 113 Å². The summed E-state index contributed by atoms with van der Waals surface area (Å²) >= 11 is 0. The van der Waals surface area contributed by atoms with Crippen LogP contribution in [0.2, 0.25) is 0 Å². The van der Waals surface area contributed by atoms with Crippen molar-refractivity contribution in [1.29, 1.82) is 5.26 Å². The van der Waals surface area contributed by atoms with Gasteiger partial charge in [0.2, 0.25) is 0 Å². The van der Waals surface area contributed by atoms with Crippen molar-refractivity contribution >= 4 is 0 Å². The molecule has 0 aliphatic heterocycles. The van der Waals surface area contributed by atoms with Gasteiger partial charge in [-0.1, -0.05) is 74.5 Å². The molecule has 1 aliphatic carbocycles. The molecular formula is C33H26N4. The molecule has 5 aromatic rings. The molecule has 0 saturated heterocycles. The Morgan fingerprint density at radius 1 is 0.568 bits per heavy atom. The number of aromatic nitrogens is 3. The minimum Gasteiger partial charge on any atom is -0.219 e. The fourth-order valence-electron chi connectivity index (χ4n) is 5.39. The van der Waals surface area contributed by atoms with Crippen molar-refractivity contribution in [2.45, 2.75) is 33.1 Å². The summed E-state index contributed by atoms with van der Waals surface area (Å²) in [4.78, 5) is 13.3. The number of rotatable bonds is 3. The first-order valence-corrected chi connectivity index (χ1v) is 12.4. The van der Waals surface area contributed by atoms with Gasteiger partial charge in [0.25, 0.3) is 0 Å². The summed E-state index contributed by atoms with van der Waals surface area (Å²) in [6.07, 6.45) is 0. The second-order valence-corrected chi connectivity index (χ2v) is 10.2. The molecule has 4 nitrogen and oxygen atoms in total. The molecule has 0 unspecified atom stereocenters. The Labute approximate surface area is 217 Å². The summed E-state index contributed by atoms with van der Waals surface area (Å²) in [7, 11) is 0. The van der Waals surface area contributed by atoms with Crippen LogP contribution in [0.3, 0.4) is 0 Å². The zero-order valence-corrected chi connectivity index (χ0v) is 21.4. The molecule has 6 rings (SSSR count). The average Bonchev–Trinajstić information content (AvgIpc) is 3.14. The largest absolute Gasteiger partial charge is 0.219 e. The molecule has 4 aromatic carbocycles. The van der Waals surface area contributed by atoms with Gasteiger partial charge in [-0.3, -0.25) is 0 Å². The second-order valence-electron chi connectivity index (χ2n) is 10.2. The first kappa shape index (κ1) is 22.8. The lowest BCUT2D eigenvalue weighted by atomic mass is 9.81. The fraction of sp³-hybridized carbons (Fsp3) is 0.152. The van der Waals surface area contributed by atoms with Gasteiger partial charge in [0.15, 0.2) is 5.82 Å². The van der Waals surface area contributed by atoms with Gasteiger partial charge in [0.05, 0.1) is 11.6 Å². The van der Waals surface area contributed by atoms with Gasteiger partial charge in [0, 0.05) is 11.0 Å². The Balaban J connectivity index is 1.35. The molecule has 4 heteroatoms. The van der Waals surface area contributed by atoms with Crippen molar-refractivity contribution in [3.63, 3.8) is 0 Å². The van der Waals surface area contributed by atoms with Crippen LogP contribution in [0.15, 0.2) is 84.9 Å². The minimum atomic E-state index is -0.122. The molecule has 0 atom stereocenters. The average molecular weight is 479 g/mol. The number of nitriles is 1. The molecule has 0 fully saturated rings. The zero-order valence-electron chi connectivity index (χ0n) is 21.4. The van der Waals surface area contributed by atoms with Crippen LogP contribution in [0.1, 0.15) is 42.2 Å². The van der Waals surface area contributed by atoms with Crippen LogP contribution < -0.4 is 0 Å². The molecule has 1 aromatic heterocycles. The van der Waals surface area contributed by atoms with Crippen molar-refractivity contribution in [2.24, 2.45) is 0 Å². The Hall–Kier alpha value is -4.62. The lowest BCUT2D eigenvalue weighted by molar-refractivity contribution is 0.661. The summed E-state index contributed by atoms with van der Waals surface area (Å²) in [5.74, 6) is 2.17. The maximum atomic E-state index is 9.13. The van der Waals surface area contributed by atoms with E-state index in [1.807, 2.05) is 38.1 Å². The predicted octanol–water partition coefficient (Wildman–Crippen LogP) is 7.67. The molecule has 0 bridgehead atoms. The van der Waals surface area contributed by atoms with E-state index in [4.69, 9.17) is 5.26 Å². The SMILES string of the molecule is Cc1nc(C)nc(-c2ccc(-c3ccc4c(c3)C(C)(C)c3cc(-c5ccc(C#N)cc5)ccc3-4)cc2)n1. The third kappa shape index (κ3) is 3.90. The quantitative estimate of drug-likeness (QED) is 0.267. The summed E-state index contributed by atoms with van der Waals surface area (Å²) in [5, 5.41) is 9.13. The normalized spacial score (nSPS) is 13.1. The number of fused-ring (bicyclic) bond motifs is 3. The van der Waals surface area contributed by atoms with Crippen LogP contribution in [0, 0.1) is 25.2 Å². The van der Waals surface area contributed by atoms with Crippen LogP contribution in [0.5, 0.6) is 0 Å². The van der Waals surface area contributed by atoms with Gasteiger partial charge in [-0.15, -0.1) is 0 Å². The number of aryl methyl sites for hydroxylation is 2. The molecule has 37 heavy (non-hydrogen) atoms. The summed E-state index contributed by atoms with van der Waals surface area (Å²) in [6.45, 7) is 8.39. The number of benzene rings is 4. The summed E-state index contributed by atoms with van der Waals surface area (Å²) < 4.78 is 0. The first-order chi connectivity index (χ1) is 17.8. The van der Waals surface area contributed by atoms with E-state index in [0.717, 1.165) is 22.8 Å². The molecule has 0 radical (unpaired) electrons. The van der Waals surface area contributed by atoms with Crippen LogP contribution in [-0.2, 0) is 5.41 Å². The van der Waals surface area contributed by atoms with Crippen LogP contribution >= 0.6 is 0 Å². The summed E-state index contributed by atoms with van der Waals surface area (Å²) in [5.41, 5.74) is 11.5. The van der Waals surface area contributed by atoms with Gasteiger partial charge in [-0.2, -0.15) is 5.26 Å². The highest BCUT2D eigenvalue weighted by atomic mass is 15.0. The molecule has 1 aliphatic rings. The third-order valence-electron chi connectivity index (χ3n) is 7.36. The van der Waals surface area contributed by atoms with Crippen molar-refractivity contribution < 1.29 is 0 Å². The maximum absolute atomic E-state index is 9.13. The highest BCUT2D eigenvalue weighted by Crippen LogP contribution is 2.50. The second kappa shape index (κ2) is 8.50. The first-order valence-electron chi connectivity index (χ1n) is 12.4. The van der Waals surface area contributed by atoms with Crippen molar-refractivity contribution in [1.82, 2.24) is 15.0 Å². The number of hydrogen-bond acceptors (Lipinski definition) is 4. The Bertz CT molecular complexity index is 1690. The molecule has 0 spiro atoms. The van der Waals surface area contributed by atoms with E-state index >= 15 is 0 Å². The molecule has 1 heterocycles. The Kier molecular flexibility index (Phi) is 5.24. The lowest BCUT2D eigenvalue weighted by Gasteiger charge is -2.22. The molecule has 0 amide bonds. The van der Waals surface area contributed by atoms with Crippen molar-refractivity contribution in [2.75, 3.05) is 0 Å². The Morgan fingerprint density at radius 2 is 1.00 bits per heavy atom. The number of hydrogen-bond donors (Lipinski definition) is 0. The van der Waals surface area contributed by atoms with E-state index in [9.17, 15) is 0 Å². The minimum absolute atomic E-state index is 0.122. The standard InChI is InChI=1S/C33H26N4/c1-20-35-21(2)37-32(36-20)25-11-9-24(10-12-25)27-14-16-29-28-15-13-26(23-7-5-22(19-34)6-8-23)17-30(28)33(3,4)31(29)18-27/h5-18H,1-4H3. The van der Waals surface area contributed by atoms with Gasteiger partial charge in [-0.05, 0) is 82.6 Å². The van der Waals surface area contributed by atoms with Crippen LogP contribution in [-0.4, -0.2) is 15.0 Å². The molecule has 0 N–H and O–H groups in total. The van der Waals surface area contributed by atoms with E-state index in [1.54, 1.807) is 0 Å². The van der Waals surface area contributed by atoms with E-state index in [1.165, 1.54) is 38.9 Å². The van der Waals surface area contributed by atoms with Gasteiger partial charge >= 0.3 is 0 Å². The third-order valence-corrected chi connectivity index (χ3v) is 7.36. The summed E-state index contributed by atoms with van der Waals surface area (Å²) in [6, 6.07) is 32.0. The lowest BCUT2D eigenvalue weighted by Crippen LogP contribution is -2.15. The van der Waals surface area contributed by atoms with Crippen LogP contribution in [0.4, 0.5) is 0 Å². The van der Waals surface area contributed by atoms with Gasteiger partial charge in [0.1, 0.15) is 11.6 Å². The fourth-order valence-corrected chi connectivity index (χ4v) is 5.39. The van der Waals surface area contributed by atoms with Gasteiger partial charge < -0.3 is 0 Å². The van der Waals surface area contributed by atoms with Gasteiger partial charge in [-0.25, -0.2) is 15.0 Å². The van der Waals surface area contributed by atoms with E-state index in [-0.39, 0.29) is 5.41 Å². The van der Waals surface area contributed by atoms with E-state index < -0.39 is 0 Å². The Morgan fingerprint density at radius 3 is 1.49 bits per heavy atom. The maximum Gasteiger partial charge on any atom is 0.163 e. The molecule has 178 valence electrons. The topological polar surface area (TPSA) is 62.5 Å². The van der Waals surface area contributed by atoms with Crippen LogP contribution in [0.25, 0.3) is 44.8 Å². The monoisotopic (exact) mass is 478 g/mol. The molecular weight excluding hydrogens is 452 g/mol. The van der Waals surface area contributed by atoms with E-state index in [0.29, 0.717) is 11.4 Å². The molecule has 0 saturated carbocycles. The highest BCUT2D eigenvalue weighted by molar-refractivity contribution is 5.86.